The number of nitrogens with one attached hydrogen (secondary N) is 1. The van der Waals surface area contributed by atoms with Gasteiger partial charge < -0.3 is 10.1 Å². The normalized spacial score (nSPS) is 18.0. The second kappa shape index (κ2) is 8.67. The molecule has 0 saturated carbocycles. The highest BCUT2D eigenvalue weighted by molar-refractivity contribution is 5.96. The van der Waals surface area contributed by atoms with Gasteiger partial charge in [-0.2, -0.15) is 0 Å². The third-order valence-corrected chi connectivity index (χ3v) is 5.74. The maximum atomic E-state index is 12.9. The molecule has 0 saturated heterocycles. The Kier molecular flexibility index (Phi) is 5.79. The van der Waals surface area contributed by atoms with Crippen molar-refractivity contribution in [2.24, 2.45) is 0 Å². The third-order valence-electron chi connectivity index (χ3n) is 5.74. The number of carbonyl (C=O) groups is 1. The predicted molar refractivity (Wildman–Crippen MR) is 116 cm³/mol. The summed E-state index contributed by atoms with van der Waals surface area (Å²) in [6, 6.07) is 10.4. The molecule has 0 aliphatic carbocycles. The molecule has 31 heavy (non-hydrogen) atoms. The molecule has 3 heterocycles. The molecule has 1 amide bonds. The molecular formula is C23H25N5O3. The predicted octanol–water partition coefficient (Wildman–Crippen LogP) is 2.58. The number of rotatable bonds is 5. The molecule has 8 heteroatoms. The van der Waals surface area contributed by atoms with Gasteiger partial charge in [0.1, 0.15) is 17.9 Å². The van der Waals surface area contributed by atoms with Gasteiger partial charge in [0.2, 0.25) is 0 Å². The molecule has 0 bridgehead atoms. The van der Waals surface area contributed by atoms with Crippen LogP contribution in [0.2, 0.25) is 0 Å². The number of hydrogen-bond acceptors (Lipinski definition) is 6. The number of methoxy groups -OCH3 is 1. The lowest BCUT2D eigenvalue weighted by Gasteiger charge is -2.30. The summed E-state index contributed by atoms with van der Waals surface area (Å²) in [4.78, 5) is 38.8. The number of nitrogens with zero attached hydrogens (tertiary/aromatic N) is 4. The highest BCUT2D eigenvalue weighted by Gasteiger charge is 2.34. The highest BCUT2D eigenvalue weighted by Crippen LogP contribution is 2.31. The first-order valence-electron chi connectivity index (χ1n) is 10.3. The zero-order chi connectivity index (χ0) is 21.8. The molecule has 8 nitrogen and oxygen atoms in total. The molecule has 3 aromatic rings. The van der Waals surface area contributed by atoms with Crippen LogP contribution in [0.3, 0.4) is 0 Å². The molecule has 0 radical (unpaired) electrons. The van der Waals surface area contributed by atoms with Crippen molar-refractivity contribution in [3.63, 3.8) is 0 Å². The molecule has 0 spiro atoms. The van der Waals surface area contributed by atoms with Crippen molar-refractivity contribution in [2.75, 3.05) is 13.7 Å². The summed E-state index contributed by atoms with van der Waals surface area (Å²) in [5.41, 5.74) is 0.976. The Bertz CT molecular complexity index is 1150. The van der Waals surface area contributed by atoms with Crippen LogP contribution in [0.15, 0.2) is 53.7 Å². The van der Waals surface area contributed by atoms with Crippen molar-refractivity contribution < 1.29 is 9.53 Å². The van der Waals surface area contributed by atoms with Gasteiger partial charge in [0, 0.05) is 30.8 Å². The second-order valence-corrected chi connectivity index (χ2v) is 7.95. The third kappa shape index (κ3) is 4.19. The van der Waals surface area contributed by atoms with Gasteiger partial charge in [-0.15, -0.1) is 0 Å². The van der Waals surface area contributed by atoms with Crippen LogP contribution in [0.25, 0.3) is 11.4 Å². The van der Waals surface area contributed by atoms with E-state index in [1.54, 1.807) is 42.1 Å². The number of ether oxygens (including phenoxy) is 1. The van der Waals surface area contributed by atoms with E-state index in [9.17, 15) is 9.59 Å². The SMILES string of the molecule is COc1ccccc1C(=O)NCC1(C)CCCCn2c1nc(-c1ccncn1)cc2=O. The van der Waals surface area contributed by atoms with E-state index in [2.05, 4.69) is 15.3 Å². The highest BCUT2D eigenvalue weighted by atomic mass is 16.5. The first kappa shape index (κ1) is 20.7. The van der Waals surface area contributed by atoms with Gasteiger partial charge in [-0.25, -0.2) is 15.0 Å². The van der Waals surface area contributed by atoms with Gasteiger partial charge in [0.05, 0.1) is 24.1 Å². The van der Waals surface area contributed by atoms with Gasteiger partial charge >= 0.3 is 0 Å². The average Bonchev–Trinajstić information content (AvgIpc) is 2.97. The van der Waals surface area contributed by atoms with E-state index in [-0.39, 0.29) is 11.5 Å². The number of benzene rings is 1. The lowest BCUT2D eigenvalue weighted by Crippen LogP contribution is -2.42. The van der Waals surface area contributed by atoms with Gasteiger partial charge in [0.25, 0.3) is 11.5 Å². The van der Waals surface area contributed by atoms with Crippen LogP contribution in [0.5, 0.6) is 5.75 Å². The van der Waals surface area contributed by atoms with Gasteiger partial charge in [-0.3, -0.25) is 14.2 Å². The Hall–Kier alpha value is -3.55. The fraction of sp³-hybridized carbons (Fsp3) is 0.348. The first-order valence-corrected chi connectivity index (χ1v) is 10.3. The number of fused-ring (bicyclic) bond motifs is 1. The van der Waals surface area contributed by atoms with Crippen molar-refractivity contribution in [1.82, 2.24) is 24.8 Å². The van der Waals surface area contributed by atoms with E-state index in [1.165, 1.54) is 12.4 Å². The molecule has 0 fully saturated rings. The zero-order valence-electron chi connectivity index (χ0n) is 17.7. The molecule has 1 aromatic carbocycles. The van der Waals surface area contributed by atoms with Gasteiger partial charge in [-0.1, -0.05) is 25.5 Å². The number of hydrogen-bond donors (Lipinski definition) is 1. The van der Waals surface area contributed by atoms with Crippen LogP contribution >= 0.6 is 0 Å². The quantitative estimate of drug-likeness (QED) is 0.682. The number of carbonyl (C=O) groups excluding carboxylic acids is 1. The minimum absolute atomic E-state index is 0.109. The first-order chi connectivity index (χ1) is 15.0. The standard InChI is InChI=1S/C23H25N5O3/c1-23(14-25-21(30)16-7-3-4-8-19(16)31-2)10-5-6-12-28-20(29)13-18(27-22(23)28)17-9-11-24-15-26-17/h3-4,7-9,11,13,15H,5-6,10,12,14H2,1-2H3,(H,25,30). The Morgan fingerprint density at radius 2 is 2.06 bits per heavy atom. The lowest BCUT2D eigenvalue weighted by atomic mass is 9.84. The fourth-order valence-electron chi connectivity index (χ4n) is 4.02. The largest absolute Gasteiger partial charge is 0.496 e. The minimum atomic E-state index is -0.504. The van der Waals surface area contributed by atoms with Crippen molar-refractivity contribution in [1.29, 1.82) is 0 Å². The smallest absolute Gasteiger partial charge is 0.255 e. The minimum Gasteiger partial charge on any atom is -0.496 e. The molecule has 160 valence electrons. The Morgan fingerprint density at radius 3 is 2.84 bits per heavy atom. The summed E-state index contributed by atoms with van der Waals surface area (Å²) >= 11 is 0. The number of para-hydroxylation sites is 1. The van der Waals surface area contributed by atoms with Gasteiger partial charge in [-0.05, 0) is 31.0 Å². The summed E-state index contributed by atoms with van der Waals surface area (Å²) in [5.74, 6) is 0.974. The van der Waals surface area contributed by atoms with Crippen molar-refractivity contribution >= 4 is 5.91 Å². The zero-order valence-corrected chi connectivity index (χ0v) is 17.7. The molecular weight excluding hydrogens is 394 g/mol. The molecule has 1 aliphatic rings. The van der Waals surface area contributed by atoms with E-state index in [0.717, 1.165) is 19.3 Å². The summed E-state index contributed by atoms with van der Waals surface area (Å²) in [6.07, 6.45) is 5.69. The maximum absolute atomic E-state index is 12.9. The van der Waals surface area contributed by atoms with Gasteiger partial charge in [0.15, 0.2) is 0 Å². The van der Waals surface area contributed by atoms with E-state index in [1.807, 2.05) is 13.0 Å². The van der Waals surface area contributed by atoms with E-state index < -0.39 is 5.41 Å². The topological polar surface area (TPSA) is 99.0 Å². The lowest BCUT2D eigenvalue weighted by molar-refractivity contribution is 0.0939. The summed E-state index contributed by atoms with van der Waals surface area (Å²) in [6.45, 7) is 3.01. The van der Waals surface area contributed by atoms with Crippen LogP contribution in [0.4, 0.5) is 0 Å². The maximum Gasteiger partial charge on any atom is 0.255 e. The van der Waals surface area contributed by atoms with E-state index in [0.29, 0.717) is 41.6 Å². The van der Waals surface area contributed by atoms with Crippen LogP contribution in [0, 0.1) is 0 Å². The molecule has 1 N–H and O–H groups in total. The van der Waals surface area contributed by atoms with Crippen LogP contribution in [-0.4, -0.2) is 39.1 Å². The average molecular weight is 419 g/mol. The van der Waals surface area contributed by atoms with E-state index >= 15 is 0 Å². The fourth-order valence-corrected chi connectivity index (χ4v) is 4.02. The molecule has 2 aromatic heterocycles. The second-order valence-electron chi connectivity index (χ2n) is 7.95. The summed E-state index contributed by atoms with van der Waals surface area (Å²) in [5, 5.41) is 3.03. The van der Waals surface area contributed by atoms with Crippen LogP contribution in [-0.2, 0) is 12.0 Å². The molecule has 1 aliphatic heterocycles. The Balaban J connectivity index is 1.68. The van der Waals surface area contributed by atoms with Crippen molar-refractivity contribution in [2.45, 2.75) is 38.1 Å². The molecule has 1 unspecified atom stereocenters. The monoisotopic (exact) mass is 419 g/mol. The molecule has 4 rings (SSSR count). The summed E-state index contributed by atoms with van der Waals surface area (Å²) < 4.78 is 7.04. The Labute approximate surface area is 180 Å². The number of amides is 1. The summed E-state index contributed by atoms with van der Waals surface area (Å²) in [7, 11) is 1.54. The number of aromatic nitrogens is 4. The van der Waals surface area contributed by atoms with Crippen LogP contribution < -0.4 is 15.6 Å². The van der Waals surface area contributed by atoms with Crippen molar-refractivity contribution in [3.05, 3.63) is 70.7 Å². The van der Waals surface area contributed by atoms with Crippen LogP contribution in [0.1, 0.15) is 42.4 Å². The molecule has 1 atom stereocenters. The van der Waals surface area contributed by atoms with Crippen molar-refractivity contribution in [3.8, 4) is 17.1 Å². The van der Waals surface area contributed by atoms with E-state index in [4.69, 9.17) is 9.72 Å². The Morgan fingerprint density at radius 1 is 1.23 bits per heavy atom.